The van der Waals surface area contributed by atoms with Crippen molar-refractivity contribution < 1.29 is 9.90 Å². The Hall–Kier alpha value is -1.76. The number of hydrogen-bond donors (Lipinski definition) is 3. The largest absolute Gasteiger partial charge is 0.394 e. The predicted octanol–water partition coefficient (Wildman–Crippen LogP) is 2.38. The van der Waals surface area contributed by atoms with E-state index in [4.69, 9.17) is 0 Å². The molecule has 0 saturated heterocycles. The third kappa shape index (κ3) is 3.22. The van der Waals surface area contributed by atoms with Gasteiger partial charge >= 0.3 is 0 Å². The summed E-state index contributed by atoms with van der Waals surface area (Å²) in [4.78, 5) is 17.8. The lowest BCUT2D eigenvalue weighted by Crippen LogP contribution is -2.47. The van der Waals surface area contributed by atoms with Gasteiger partial charge < -0.3 is 10.4 Å². The topological polar surface area (TPSA) is 74.2 Å². The van der Waals surface area contributed by atoms with Crippen LogP contribution in [-0.4, -0.2) is 29.1 Å². The molecule has 2 aromatic rings. The van der Waals surface area contributed by atoms with E-state index in [1.165, 1.54) is 16.9 Å². The van der Waals surface area contributed by atoms with Crippen molar-refractivity contribution in [3.63, 3.8) is 0 Å². The van der Waals surface area contributed by atoms with Gasteiger partial charge in [-0.05, 0) is 37.3 Å². The Balaban J connectivity index is 1.65. The number of fused-ring (bicyclic) bond motifs is 1. The SMILES string of the molecule is CCc1nc(NC(=O)CNC2(CO)CCc3ccccc32)sc1C. The van der Waals surface area contributed by atoms with E-state index in [0.29, 0.717) is 5.13 Å². The van der Waals surface area contributed by atoms with Gasteiger partial charge in [0, 0.05) is 4.88 Å². The first-order chi connectivity index (χ1) is 11.6. The molecule has 1 heterocycles. The summed E-state index contributed by atoms with van der Waals surface area (Å²) in [6.45, 7) is 4.20. The molecule has 1 aliphatic carbocycles. The molecule has 1 aliphatic rings. The van der Waals surface area contributed by atoms with Crippen LogP contribution in [0.2, 0.25) is 0 Å². The molecule has 0 bridgehead atoms. The minimum absolute atomic E-state index is 0.0202. The van der Waals surface area contributed by atoms with Crippen LogP contribution in [0.25, 0.3) is 0 Å². The predicted molar refractivity (Wildman–Crippen MR) is 96.4 cm³/mol. The average Bonchev–Trinajstić information content (AvgIpc) is 3.14. The molecule has 0 radical (unpaired) electrons. The van der Waals surface area contributed by atoms with Crippen LogP contribution in [0, 0.1) is 6.92 Å². The molecule has 1 unspecified atom stereocenters. The summed E-state index contributed by atoms with van der Waals surface area (Å²) >= 11 is 1.50. The van der Waals surface area contributed by atoms with Gasteiger partial charge in [0.25, 0.3) is 0 Å². The molecular formula is C18H23N3O2S. The fraction of sp³-hybridized carbons (Fsp3) is 0.444. The summed E-state index contributed by atoms with van der Waals surface area (Å²) in [5.41, 5.74) is 2.84. The summed E-state index contributed by atoms with van der Waals surface area (Å²) in [7, 11) is 0. The second-order valence-electron chi connectivity index (χ2n) is 6.17. The number of nitrogens with one attached hydrogen (secondary N) is 2. The molecule has 0 saturated carbocycles. The summed E-state index contributed by atoms with van der Waals surface area (Å²) in [6, 6.07) is 8.09. The number of carbonyl (C=O) groups is 1. The van der Waals surface area contributed by atoms with Gasteiger partial charge in [0.05, 0.1) is 24.4 Å². The fourth-order valence-corrected chi connectivity index (χ4v) is 4.23. The van der Waals surface area contributed by atoms with Crippen LogP contribution in [0.15, 0.2) is 24.3 Å². The Morgan fingerprint density at radius 2 is 2.21 bits per heavy atom. The summed E-state index contributed by atoms with van der Waals surface area (Å²) < 4.78 is 0. The maximum atomic E-state index is 12.3. The second kappa shape index (κ2) is 7.01. The number of amides is 1. The normalized spacial score (nSPS) is 19.3. The van der Waals surface area contributed by atoms with E-state index < -0.39 is 5.54 Å². The Morgan fingerprint density at radius 1 is 1.42 bits per heavy atom. The number of hydrogen-bond acceptors (Lipinski definition) is 5. The highest BCUT2D eigenvalue weighted by atomic mass is 32.1. The number of aliphatic hydroxyl groups excluding tert-OH is 1. The van der Waals surface area contributed by atoms with Gasteiger partial charge in [0.1, 0.15) is 0 Å². The Bertz CT molecular complexity index is 744. The van der Waals surface area contributed by atoms with Gasteiger partial charge in [0.15, 0.2) is 5.13 Å². The number of rotatable bonds is 6. The van der Waals surface area contributed by atoms with Crippen molar-refractivity contribution in [1.29, 1.82) is 0 Å². The lowest BCUT2D eigenvalue weighted by Gasteiger charge is -2.29. The van der Waals surface area contributed by atoms with Crippen LogP contribution < -0.4 is 10.6 Å². The minimum Gasteiger partial charge on any atom is -0.394 e. The first kappa shape index (κ1) is 17.1. The first-order valence-electron chi connectivity index (χ1n) is 8.28. The molecule has 24 heavy (non-hydrogen) atoms. The van der Waals surface area contributed by atoms with E-state index in [2.05, 4.69) is 28.6 Å². The monoisotopic (exact) mass is 345 g/mol. The quantitative estimate of drug-likeness (QED) is 0.751. The minimum atomic E-state index is -0.526. The number of aryl methyl sites for hydroxylation is 3. The van der Waals surface area contributed by atoms with Crippen molar-refractivity contribution in [2.75, 3.05) is 18.5 Å². The number of aromatic nitrogens is 1. The summed E-state index contributed by atoms with van der Waals surface area (Å²) in [6.07, 6.45) is 2.57. The molecule has 128 valence electrons. The van der Waals surface area contributed by atoms with Crippen LogP contribution in [0.5, 0.6) is 0 Å². The van der Waals surface area contributed by atoms with Gasteiger partial charge in [-0.15, -0.1) is 11.3 Å². The van der Waals surface area contributed by atoms with Gasteiger partial charge in [0.2, 0.25) is 5.91 Å². The second-order valence-corrected chi connectivity index (χ2v) is 7.38. The molecule has 0 aliphatic heterocycles. The van der Waals surface area contributed by atoms with Crippen LogP contribution >= 0.6 is 11.3 Å². The number of carbonyl (C=O) groups excluding carboxylic acids is 1. The van der Waals surface area contributed by atoms with Gasteiger partial charge in [-0.25, -0.2) is 4.98 Å². The molecule has 1 atom stereocenters. The summed E-state index contributed by atoms with van der Waals surface area (Å²) in [5.74, 6) is -0.136. The highest BCUT2D eigenvalue weighted by molar-refractivity contribution is 7.15. The maximum absolute atomic E-state index is 12.3. The zero-order valence-electron chi connectivity index (χ0n) is 14.1. The van der Waals surface area contributed by atoms with E-state index in [1.54, 1.807) is 0 Å². The average molecular weight is 345 g/mol. The van der Waals surface area contributed by atoms with Gasteiger partial charge in [-0.2, -0.15) is 0 Å². The van der Waals surface area contributed by atoms with Crippen LogP contribution in [0.1, 0.15) is 35.0 Å². The highest BCUT2D eigenvalue weighted by Crippen LogP contribution is 2.36. The molecule has 3 rings (SSSR count). The molecule has 1 aromatic heterocycles. The Kier molecular flexibility index (Phi) is 4.99. The Labute approximate surface area is 146 Å². The Morgan fingerprint density at radius 3 is 2.92 bits per heavy atom. The van der Waals surface area contributed by atoms with Crippen LogP contribution in [0.4, 0.5) is 5.13 Å². The molecule has 1 aromatic carbocycles. The van der Waals surface area contributed by atoms with Gasteiger partial charge in [-0.3, -0.25) is 10.1 Å². The van der Waals surface area contributed by atoms with Crippen LogP contribution in [0.3, 0.4) is 0 Å². The number of aliphatic hydroxyl groups is 1. The molecular weight excluding hydrogens is 322 g/mol. The maximum Gasteiger partial charge on any atom is 0.240 e. The zero-order chi connectivity index (χ0) is 17.2. The number of benzene rings is 1. The third-order valence-electron chi connectivity index (χ3n) is 4.69. The van der Waals surface area contributed by atoms with Crippen molar-refractivity contribution in [3.05, 3.63) is 46.0 Å². The highest BCUT2D eigenvalue weighted by Gasteiger charge is 2.37. The number of thiazole rings is 1. The van der Waals surface area contributed by atoms with Crippen molar-refractivity contribution >= 4 is 22.4 Å². The summed E-state index contributed by atoms with van der Waals surface area (Å²) in [5, 5.41) is 16.7. The van der Waals surface area contributed by atoms with E-state index in [-0.39, 0.29) is 19.1 Å². The van der Waals surface area contributed by atoms with E-state index in [1.807, 2.05) is 25.1 Å². The molecule has 1 amide bonds. The van der Waals surface area contributed by atoms with Crippen molar-refractivity contribution in [1.82, 2.24) is 10.3 Å². The van der Waals surface area contributed by atoms with E-state index >= 15 is 0 Å². The first-order valence-corrected chi connectivity index (χ1v) is 9.10. The van der Waals surface area contributed by atoms with Crippen molar-refractivity contribution in [2.45, 2.75) is 38.6 Å². The smallest absolute Gasteiger partial charge is 0.240 e. The van der Waals surface area contributed by atoms with Crippen molar-refractivity contribution in [2.24, 2.45) is 0 Å². The van der Waals surface area contributed by atoms with E-state index in [9.17, 15) is 9.90 Å². The van der Waals surface area contributed by atoms with Crippen LogP contribution in [-0.2, 0) is 23.2 Å². The molecule has 0 fully saturated rings. The number of nitrogens with zero attached hydrogens (tertiary/aromatic N) is 1. The number of anilines is 1. The lowest BCUT2D eigenvalue weighted by atomic mass is 9.92. The molecule has 0 spiro atoms. The standard InChI is InChI=1S/C18H23N3O2S/c1-3-15-12(2)24-17(20-15)21-16(23)10-19-18(11-22)9-8-13-6-4-5-7-14(13)18/h4-7,19,22H,3,8-11H2,1-2H3,(H,20,21,23). The molecule has 3 N–H and O–H groups in total. The lowest BCUT2D eigenvalue weighted by molar-refractivity contribution is -0.115. The zero-order valence-corrected chi connectivity index (χ0v) is 14.9. The van der Waals surface area contributed by atoms with E-state index in [0.717, 1.165) is 35.4 Å². The molecule has 5 nitrogen and oxygen atoms in total. The fourth-order valence-electron chi connectivity index (χ4n) is 3.31. The van der Waals surface area contributed by atoms with Gasteiger partial charge in [-0.1, -0.05) is 31.2 Å². The molecule has 6 heteroatoms. The third-order valence-corrected chi connectivity index (χ3v) is 5.61. The van der Waals surface area contributed by atoms with Crippen molar-refractivity contribution in [3.8, 4) is 0 Å².